The molecule has 62 heavy (non-hydrogen) atoms. The van der Waals surface area contributed by atoms with Gasteiger partial charge < -0.3 is 30.0 Å². The van der Waals surface area contributed by atoms with Gasteiger partial charge in [-0.15, -0.1) is 0 Å². The summed E-state index contributed by atoms with van der Waals surface area (Å²) in [7, 11) is 1.36. The van der Waals surface area contributed by atoms with Crippen molar-refractivity contribution in [1.82, 2.24) is 5.32 Å². The normalized spacial score (nSPS) is 20.0. The van der Waals surface area contributed by atoms with Gasteiger partial charge >= 0.3 is 11.9 Å². The van der Waals surface area contributed by atoms with E-state index in [9.17, 15) is 14.4 Å². The third-order valence-electron chi connectivity index (χ3n) is 12.7. The number of aldehydes is 1. The van der Waals surface area contributed by atoms with E-state index in [1.807, 2.05) is 44.2 Å². The summed E-state index contributed by atoms with van der Waals surface area (Å²) in [5.74, 6) is 2.83. The first-order valence-electron chi connectivity index (χ1n) is 22.9. The minimum absolute atomic E-state index is 0.140. The van der Waals surface area contributed by atoms with Crippen molar-refractivity contribution in [1.29, 1.82) is 0 Å². The Kier molecular flexibility index (Phi) is 19.3. The quantitative estimate of drug-likeness (QED) is 0.0998. The molecule has 0 amide bonds. The molecule has 2 aliphatic carbocycles. The van der Waals surface area contributed by atoms with Crippen LogP contribution in [-0.4, -0.2) is 57.2 Å². The minimum Gasteiger partial charge on any atom is -0.490 e. The molecule has 2 atom stereocenters. The minimum atomic E-state index is -0.243. The summed E-state index contributed by atoms with van der Waals surface area (Å²) in [4.78, 5) is 33.0. The zero-order chi connectivity index (χ0) is 45.5. The summed E-state index contributed by atoms with van der Waals surface area (Å²) in [6.07, 6.45) is 11.2. The van der Waals surface area contributed by atoms with Crippen molar-refractivity contribution < 1.29 is 33.3 Å². The second-order valence-electron chi connectivity index (χ2n) is 19.6. The van der Waals surface area contributed by atoms with Gasteiger partial charge in [-0.25, -0.2) is 0 Å². The average molecular weight is 853 g/mol. The number of hydrogen-bond donors (Lipinski definition) is 2. The van der Waals surface area contributed by atoms with E-state index < -0.39 is 0 Å². The lowest BCUT2D eigenvalue weighted by molar-refractivity contribution is -0.147. The van der Waals surface area contributed by atoms with Gasteiger partial charge in [-0.1, -0.05) is 91.8 Å². The molecular weight excluding hydrogens is 777 g/mol. The van der Waals surface area contributed by atoms with Gasteiger partial charge in [-0.05, 0) is 144 Å². The van der Waals surface area contributed by atoms with Crippen LogP contribution in [0.1, 0.15) is 130 Å². The van der Waals surface area contributed by atoms with Crippen molar-refractivity contribution in [2.24, 2.45) is 40.2 Å². The summed E-state index contributed by atoms with van der Waals surface area (Å²) in [5.41, 5.74) is 7.88. The monoisotopic (exact) mass is 853 g/mol. The van der Waals surface area contributed by atoms with Crippen LogP contribution in [0.5, 0.6) is 11.5 Å². The Morgan fingerprint density at radius 2 is 1.15 bits per heavy atom. The van der Waals surface area contributed by atoms with Crippen LogP contribution in [0.25, 0.3) is 21.5 Å². The van der Waals surface area contributed by atoms with Gasteiger partial charge in [0.15, 0.2) is 0 Å². The molecule has 0 spiro atoms. The molecule has 4 aromatic carbocycles. The lowest BCUT2D eigenvalue weighted by Crippen LogP contribution is -2.30. The summed E-state index contributed by atoms with van der Waals surface area (Å²) < 4.78 is 22.0. The van der Waals surface area contributed by atoms with Crippen molar-refractivity contribution in [2.45, 2.75) is 132 Å². The summed E-state index contributed by atoms with van der Waals surface area (Å²) >= 11 is 0. The molecule has 9 nitrogen and oxygen atoms in total. The highest BCUT2D eigenvalue weighted by Crippen LogP contribution is 2.40. The molecule has 4 aromatic rings. The average Bonchev–Trinajstić information content (AvgIpc) is 3.25. The highest BCUT2D eigenvalue weighted by Gasteiger charge is 2.31. The Morgan fingerprint density at radius 3 is 1.58 bits per heavy atom. The summed E-state index contributed by atoms with van der Waals surface area (Å²) in [6, 6.07) is 24.8. The molecule has 2 unspecified atom stereocenters. The van der Waals surface area contributed by atoms with Crippen molar-refractivity contribution >= 4 is 39.8 Å². The number of nitrogens with two attached hydrogens (primary N) is 1. The van der Waals surface area contributed by atoms with Crippen LogP contribution < -0.4 is 20.5 Å². The number of esters is 2. The SMILES string of the molecule is CC(C)(C)C1CCC(Oc2ccc3cc(C=O)ccc3c2)CC1.CCOC(=O)C(C)CNCc1ccc2cc(OC3CCC(C(C)(C)C)CC3)ccc2c1.COC(=O)C(C)CN. The topological polar surface area (TPSA) is 126 Å². The number of methoxy groups -OCH3 is 1. The molecule has 3 N–H and O–H groups in total. The molecule has 0 bridgehead atoms. The number of fused-ring (bicyclic) bond motifs is 2. The molecule has 340 valence electrons. The molecule has 2 saturated carbocycles. The Labute approximate surface area is 372 Å². The van der Waals surface area contributed by atoms with Crippen LogP contribution in [0.2, 0.25) is 0 Å². The van der Waals surface area contributed by atoms with Crippen LogP contribution in [-0.2, 0) is 25.6 Å². The molecule has 6 rings (SSSR count). The fourth-order valence-electron chi connectivity index (χ4n) is 8.42. The molecule has 0 saturated heterocycles. The number of carbonyl (C=O) groups excluding carboxylic acids is 3. The molecule has 2 fully saturated rings. The number of carbonyl (C=O) groups is 3. The highest BCUT2D eigenvalue weighted by molar-refractivity contribution is 5.89. The lowest BCUT2D eigenvalue weighted by Gasteiger charge is -2.37. The zero-order valence-corrected chi connectivity index (χ0v) is 39.4. The second kappa shape index (κ2) is 23.8. The maximum Gasteiger partial charge on any atom is 0.309 e. The first kappa shape index (κ1) is 50.2. The van der Waals surface area contributed by atoms with Crippen LogP contribution in [0.4, 0.5) is 0 Å². The molecule has 0 radical (unpaired) electrons. The predicted octanol–water partition coefficient (Wildman–Crippen LogP) is 11.5. The Morgan fingerprint density at radius 1 is 0.677 bits per heavy atom. The van der Waals surface area contributed by atoms with Crippen LogP contribution in [0, 0.1) is 34.5 Å². The number of rotatable bonds is 13. The largest absolute Gasteiger partial charge is 0.490 e. The standard InChI is InChI=1S/C27H39NO3.C21H26O2.C5H11NO2/c1-6-30-26(29)19(2)17-28-18-20-7-8-22-16-25(12-9-21(22)15-20)31-24-13-10-23(11-14-24)27(3,4)5;1-21(2,3)18-7-10-19(11-8-18)23-20-9-6-16-12-15(14-22)4-5-17(16)13-20;1-4(3-6)5(7)8-2/h7-9,12,15-16,19,23-24,28H,6,10-11,13-14,17-18H2,1-5H3;4-6,9,12-14,18-19H,7-8,10-11H2,1-3H3;4H,3,6H2,1-2H3. The van der Waals surface area contributed by atoms with Gasteiger partial charge in [-0.2, -0.15) is 0 Å². The Hall–Kier alpha value is -4.47. The third-order valence-corrected chi connectivity index (χ3v) is 12.7. The van der Waals surface area contributed by atoms with E-state index in [0.29, 0.717) is 48.3 Å². The van der Waals surface area contributed by atoms with Crippen molar-refractivity contribution in [3.8, 4) is 11.5 Å². The van der Waals surface area contributed by atoms with E-state index in [0.717, 1.165) is 72.6 Å². The molecule has 0 aromatic heterocycles. The maximum atomic E-state index is 11.7. The van der Waals surface area contributed by atoms with Gasteiger partial charge in [0, 0.05) is 25.2 Å². The Bertz CT molecular complexity index is 2020. The van der Waals surface area contributed by atoms with E-state index in [4.69, 9.17) is 19.9 Å². The lowest BCUT2D eigenvalue weighted by atomic mass is 9.72. The summed E-state index contributed by atoms with van der Waals surface area (Å²) in [5, 5.41) is 7.97. The van der Waals surface area contributed by atoms with Crippen molar-refractivity contribution in [2.75, 3.05) is 26.8 Å². The van der Waals surface area contributed by atoms with Crippen LogP contribution in [0.15, 0.2) is 72.8 Å². The molecule has 0 heterocycles. The molecule has 0 aliphatic heterocycles. The first-order valence-corrected chi connectivity index (χ1v) is 22.9. The number of benzene rings is 4. The predicted molar refractivity (Wildman–Crippen MR) is 253 cm³/mol. The molecule has 2 aliphatic rings. The van der Waals surface area contributed by atoms with Crippen LogP contribution >= 0.6 is 0 Å². The van der Waals surface area contributed by atoms with Gasteiger partial charge in [-0.3, -0.25) is 14.4 Å². The van der Waals surface area contributed by atoms with E-state index in [2.05, 4.69) is 94.1 Å². The number of ether oxygens (including phenoxy) is 4. The van der Waals surface area contributed by atoms with Crippen molar-refractivity contribution in [3.63, 3.8) is 0 Å². The van der Waals surface area contributed by atoms with Gasteiger partial charge in [0.05, 0.1) is 37.8 Å². The number of nitrogens with one attached hydrogen (secondary N) is 1. The van der Waals surface area contributed by atoms with Gasteiger partial charge in [0.1, 0.15) is 17.8 Å². The highest BCUT2D eigenvalue weighted by atomic mass is 16.5. The number of hydrogen-bond acceptors (Lipinski definition) is 9. The third kappa shape index (κ3) is 15.7. The fraction of sp³-hybridized carbons (Fsp3) is 0.566. The van der Waals surface area contributed by atoms with Crippen LogP contribution in [0.3, 0.4) is 0 Å². The molecular formula is C53H76N2O7. The fourth-order valence-corrected chi connectivity index (χ4v) is 8.42. The van der Waals surface area contributed by atoms with E-state index >= 15 is 0 Å². The van der Waals surface area contributed by atoms with E-state index in [-0.39, 0.29) is 23.8 Å². The van der Waals surface area contributed by atoms with E-state index in [1.54, 1.807) is 6.92 Å². The smallest absolute Gasteiger partial charge is 0.309 e. The van der Waals surface area contributed by atoms with Gasteiger partial charge in [0.25, 0.3) is 0 Å². The van der Waals surface area contributed by atoms with Crippen molar-refractivity contribution in [3.05, 3.63) is 83.9 Å². The molecule has 9 heteroatoms. The Balaban J connectivity index is 0.000000239. The van der Waals surface area contributed by atoms with Gasteiger partial charge in [0.2, 0.25) is 0 Å². The van der Waals surface area contributed by atoms with E-state index in [1.165, 1.54) is 49.1 Å². The zero-order valence-electron chi connectivity index (χ0n) is 39.4. The summed E-state index contributed by atoms with van der Waals surface area (Å²) in [6.45, 7) is 21.7. The second-order valence-corrected chi connectivity index (χ2v) is 19.6. The maximum absolute atomic E-state index is 11.7. The first-order chi connectivity index (χ1) is 29.4.